The molecule has 3 heterocycles. The van der Waals surface area contributed by atoms with E-state index in [0.717, 1.165) is 76.2 Å². The van der Waals surface area contributed by atoms with Crippen LogP contribution >= 0.6 is 0 Å². The predicted octanol–water partition coefficient (Wildman–Crippen LogP) is 1.40. The summed E-state index contributed by atoms with van der Waals surface area (Å²) in [6.07, 6.45) is 4.18. The molecule has 0 aromatic carbocycles. The molecule has 6 nitrogen and oxygen atoms in total. The molecule has 2 saturated heterocycles. The van der Waals surface area contributed by atoms with Crippen molar-refractivity contribution in [3.8, 4) is 0 Å². The summed E-state index contributed by atoms with van der Waals surface area (Å²) in [6, 6.07) is 1.14. The third-order valence-corrected chi connectivity index (χ3v) is 5.90. The lowest BCUT2D eigenvalue weighted by Gasteiger charge is -2.48. The summed E-state index contributed by atoms with van der Waals surface area (Å²) in [6.45, 7) is 10.7. The molecule has 0 unspecified atom stereocenters. The van der Waals surface area contributed by atoms with Crippen LogP contribution in [0.25, 0.3) is 0 Å². The van der Waals surface area contributed by atoms with E-state index in [0.29, 0.717) is 17.8 Å². The molecule has 1 aromatic heterocycles. The van der Waals surface area contributed by atoms with Crippen molar-refractivity contribution in [1.29, 1.82) is 0 Å². The van der Waals surface area contributed by atoms with E-state index in [1.807, 2.05) is 4.90 Å². The number of carbonyl (C=O) groups excluding carboxylic acids is 1. The van der Waals surface area contributed by atoms with Crippen LogP contribution in [0.5, 0.6) is 0 Å². The Labute approximate surface area is 143 Å². The molecule has 0 radical (unpaired) electrons. The Morgan fingerprint density at radius 3 is 2.54 bits per heavy atom. The average molecular weight is 332 g/mol. The monoisotopic (exact) mass is 332 g/mol. The summed E-state index contributed by atoms with van der Waals surface area (Å²) in [5.74, 6) is 0.551. The average Bonchev–Trinajstić information content (AvgIpc) is 2.98. The Kier molecular flexibility index (Phi) is 4.35. The minimum Gasteiger partial charge on any atom is -0.350 e. The number of amides is 1. The molecule has 3 aliphatic rings. The molecule has 6 heteroatoms. The molecule has 2 aliphatic heterocycles. The van der Waals surface area contributed by atoms with Gasteiger partial charge >= 0.3 is 0 Å². The van der Waals surface area contributed by atoms with Gasteiger partial charge in [0.2, 0.25) is 5.76 Å². The van der Waals surface area contributed by atoms with Crippen molar-refractivity contribution in [3.05, 3.63) is 17.0 Å². The second-order valence-electron chi connectivity index (χ2n) is 7.67. The van der Waals surface area contributed by atoms with Crippen LogP contribution in [0.3, 0.4) is 0 Å². The summed E-state index contributed by atoms with van der Waals surface area (Å²) in [5, 5.41) is 4.11. The summed E-state index contributed by atoms with van der Waals surface area (Å²) in [5.41, 5.74) is 2.08. The number of nitrogens with zero attached hydrogens (tertiary/aromatic N) is 4. The van der Waals surface area contributed by atoms with Crippen molar-refractivity contribution >= 4 is 5.91 Å². The standard InChI is InChI=1S/C18H28N4O2/c1-13(2)20-7-9-21(10-8-20)14-11-22(12-14)18(23)17-15-5-3-4-6-16(15)19-24-17/h13-14H,3-12H2,1-2H3. The van der Waals surface area contributed by atoms with E-state index >= 15 is 0 Å². The lowest BCUT2D eigenvalue weighted by Crippen LogP contribution is -2.64. The molecule has 1 aromatic rings. The number of aryl methyl sites for hydroxylation is 1. The fourth-order valence-electron chi connectivity index (χ4n) is 4.17. The number of piperazine rings is 1. The van der Waals surface area contributed by atoms with E-state index in [9.17, 15) is 4.79 Å². The van der Waals surface area contributed by atoms with Gasteiger partial charge < -0.3 is 9.42 Å². The first-order valence-electron chi connectivity index (χ1n) is 9.38. The zero-order valence-corrected chi connectivity index (χ0v) is 14.8. The number of carbonyl (C=O) groups is 1. The maximum absolute atomic E-state index is 12.7. The summed E-state index contributed by atoms with van der Waals surface area (Å²) in [7, 11) is 0. The van der Waals surface area contributed by atoms with Gasteiger partial charge in [0.15, 0.2) is 0 Å². The molecule has 0 atom stereocenters. The quantitative estimate of drug-likeness (QED) is 0.837. The fraction of sp³-hybridized carbons (Fsp3) is 0.778. The van der Waals surface area contributed by atoms with Crippen molar-refractivity contribution in [2.24, 2.45) is 0 Å². The lowest BCUT2D eigenvalue weighted by molar-refractivity contribution is 0.00125. The normalized spacial score (nSPS) is 23.4. The molecule has 24 heavy (non-hydrogen) atoms. The fourth-order valence-corrected chi connectivity index (χ4v) is 4.17. The third kappa shape index (κ3) is 2.86. The van der Waals surface area contributed by atoms with Crippen molar-refractivity contribution in [1.82, 2.24) is 19.9 Å². The molecule has 2 fully saturated rings. The first-order valence-corrected chi connectivity index (χ1v) is 9.38. The highest BCUT2D eigenvalue weighted by atomic mass is 16.5. The van der Waals surface area contributed by atoms with Gasteiger partial charge in [-0.15, -0.1) is 0 Å². The van der Waals surface area contributed by atoms with Crippen molar-refractivity contribution in [2.45, 2.75) is 51.6 Å². The Balaban J connectivity index is 1.31. The summed E-state index contributed by atoms with van der Waals surface area (Å²) >= 11 is 0. The first kappa shape index (κ1) is 16.1. The van der Waals surface area contributed by atoms with Crippen molar-refractivity contribution in [2.75, 3.05) is 39.3 Å². The van der Waals surface area contributed by atoms with Crippen LogP contribution in [0.4, 0.5) is 0 Å². The van der Waals surface area contributed by atoms with Crippen molar-refractivity contribution in [3.63, 3.8) is 0 Å². The molecule has 1 aliphatic carbocycles. The Morgan fingerprint density at radius 2 is 1.83 bits per heavy atom. The Morgan fingerprint density at radius 1 is 1.12 bits per heavy atom. The van der Waals surface area contributed by atoms with E-state index in [4.69, 9.17) is 4.52 Å². The molecule has 132 valence electrons. The number of hydrogen-bond donors (Lipinski definition) is 0. The van der Waals surface area contributed by atoms with Crippen LogP contribution in [0.15, 0.2) is 4.52 Å². The van der Waals surface area contributed by atoms with E-state index in [2.05, 4.69) is 28.8 Å². The zero-order chi connectivity index (χ0) is 16.7. The number of hydrogen-bond acceptors (Lipinski definition) is 5. The largest absolute Gasteiger partial charge is 0.350 e. The number of aromatic nitrogens is 1. The number of likely N-dealkylation sites (tertiary alicyclic amines) is 1. The minimum atomic E-state index is 0.0442. The molecule has 0 bridgehead atoms. The van der Waals surface area contributed by atoms with Gasteiger partial charge in [0.05, 0.1) is 5.69 Å². The molecule has 0 saturated carbocycles. The van der Waals surface area contributed by atoms with Gasteiger partial charge in [0, 0.05) is 56.9 Å². The molecule has 1 amide bonds. The second-order valence-corrected chi connectivity index (χ2v) is 7.67. The second kappa shape index (κ2) is 6.48. The zero-order valence-electron chi connectivity index (χ0n) is 14.8. The van der Waals surface area contributed by atoms with Crippen molar-refractivity contribution < 1.29 is 9.32 Å². The van der Waals surface area contributed by atoms with Crippen LogP contribution in [-0.4, -0.2) is 77.1 Å². The molecular formula is C18H28N4O2. The van der Waals surface area contributed by atoms with Gasteiger partial charge in [-0.25, -0.2) is 0 Å². The smallest absolute Gasteiger partial charge is 0.292 e. The van der Waals surface area contributed by atoms with E-state index in [-0.39, 0.29) is 5.91 Å². The first-order chi connectivity index (χ1) is 11.6. The Bertz CT molecular complexity index is 598. The predicted molar refractivity (Wildman–Crippen MR) is 91.1 cm³/mol. The van der Waals surface area contributed by atoms with Gasteiger partial charge in [0.25, 0.3) is 5.91 Å². The Hall–Kier alpha value is -1.40. The highest BCUT2D eigenvalue weighted by Crippen LogP contribution is 2.27. The minimum absolute atomic E-state index is 0.0442. The van der Waals surface area contributed by atoms with E-state index in [1.165, 1.54) is 0 Å². The van der Waals surface area contributed by atoms with Gasteiger partial charge in [-0.3, -0.25) is 14.6 Å². The molecule has 0 spiro atoms. The highest BCUT2D eigenvalue weighted by molar-refractivity contribution is 5.93. The van der Waals surface area contributed by atoms with Crippen LogP contribution in [0.1, 0.15) is 48.5 Å². The van der Waals surface area contributed by atoms with Crippen LogP contribution < -0.4 is 0 Å². The van der Waals surface area contributed by atoms with E-state index < -0.39 is 0 Å². The SMILES string of the molecule is CC(C)N1CCN(C2CN(C(=O)c3onc4c3CCCC4)C2)CC1. The van der Waals surface area contributed by atoms with E-state index in [1.54, 1.807) is 0 Å². The maximum Gasteiger partial charge on any atom is 0.292 e. The maximum atomic E-state index is 12.7. The van der Waals surface area contributed by atoms with Crippen LogP contribution in [0.2, 0.25) is 0 Å². The highest BCUT2D eigenvalue weighted by Gasteiger charge is 2.39. The van der Waals surface area contributed by atoms with Gasteiger partial charge in [0.1, 0.15) is 0 Å². The van der Waals surface area contributed by atoms with Gasteiger partial charge in [-0.2, -0.15) is 0 Å². The lowest BCUT2D eigenvalue weighted by atomic mass is 9.95. The summed E-state index contributed by atoms with van der Waals surface area (Å²) < 4.78 is 5.40. The van der Waals surface area contributed by atoms with Crippen LogP contribution in [-0.2, 0) is 12.8 Å². The summed E-state index contributed by atoms with van der Waals surface area (Å²) in [4.78, 5) is 19.7. The van der Waals surface area contributed by atoms with Gasteiger partial charge in [-0.05, 0) is 39.5 Å². The molecule has 4 rings (SSSR count). The number of rotatable bonds is 3. The number of fused-ring (bicyclic) bond motifs is 1. The topological polar surface area (TPSA) is 52.8 Å². The van der Waals surface area contributed by atoms with Crippen LogP contribution in [0, 0.1) is 0 Å². The molecular weight excluding hydrogens is 304 g/mol. The third-order valence-electron chi connectivity index (χ3n) is 5.90. The molecule has 0 N–H and O–H groups in total. The van der Waals surface area contributed by atoms with Gasteiger partial charge in [-0.1, -0.05) is 5.16 Å².